The average Bonchev–Trinajstić information content (AvgIpc) is 1.49. The summed E-state index contributed by atoms with van der Waals surface area (Å²) in [6, 6.07) is 97.9. The normalized spacial score (nSPS) is 17.4. The number of sulfonamides is 1. The number of amides is 1. The van der Waals surface area contributed by atoms with Crippen LogP contribution >= 0.6 is 23.5 Å². The predicted octanol–water partition coefficient (Wildman–Crippen LogP) is 23.5. The SMILES string of the molecule is C=C(C)C(=O)OCCNC(=O)Oc1ccc([S+]2c3ccccc3Oc3ccccc32)cc1.C=Cc1ccc(COc2ccc([S+]3c4ccccc4Sc4ccccc43)cc2)cc1.C=Cc1ccc(COc2ccc([S+]3c4ccccc4Sc4ccccc43)cc2)cc1.O=S(=O)([O-])C(F)(F)C(F)(F)C(F)(F)S(=O)(=O)N1CCOCC1.O=S(=O)([O-])C(F)(F)C(F)(F)C1C2CC3C(C2)C31.O=S(=O)([O-])C(F)(F)C(F)(F)Oc1ccccc1. The molecule has 1 N–H and O–H groups in total. The van der Waals surface area contributed by atoms with Gasteiger partial charge in [-0.15, -0.1) is 0 Å². The average molecular weight is 2230 g/mol. The van der Waals surface area contributed by atoms with E-state index in [-0.39, 0.29) is 62.0 Å². The van der Waals surface area contributed by atoms with Crippen LogP contribution < -0.4 is 29.0 Å². The molecular formula is C103H86F14N2O20S9. The standard InChI is InChI=1S/2C27H21OS2.C25H21NO5S.C9H10F4O3S.C8H6F4O4S.C7H9F6NO6S2/c2*1-2-20-11-13-21(14-12-20)19-28-22-15-17-23(18-16-22)30-26-9-5-3-7-24(26)29-25-8-4-6-10-27(25)30;1-17(2)24(27)29-16-15-26-25(28)30-18-11-13-19(14-12-18)32-22-9-5-3-7-20(22)31-21-8-4-6-10-23(21)32;10-8(11,9(12,13)17(14,15)16)7-3-1-4-5(2-3)6(4)7;9-7(10,8(11,12)17(13,14)15)16-6-4-2-1-3-5-6;8-5(9,7(12,13)22(17,18)19)6(10,11)21(15,16)14-1-3-20-4-2-14/h2*2-18H,1,19H2;3-14H,1,15-16H2,2H3;3-7H,1-2H2,(H,14,15,16);1-5H,(H,13,14,15);1-4H2,(H,17,18,19)/q2*+1;;;;/p-2. The Morgan fingerprint density at radius 2 is 0.804 bits per heavy atom. The van der Waals surface area contributed by atoms with E-state index >= 15 is 0 Å². The smallest absolute Gasteiger partial charge is 0.479 e. The summed E-state index contributed by atoms with van der Waals surface area (Å²) in [5, 5.41) is -22.2. The van der Waals surface area contributed by atoms with E-state index in [9.17, 15) is 118 Å². The molecule has 4 bridgehead atoms. The van der Waals surface area contributed by atoms with Gasteiger partial charge in [0.1, 0.15) is 75.5 Å². The molecule has 4 aliphatic carbocycles. The number of alkyl halides is 14. The summed E-state index contributed by atoms with van der Waals surface area (Å²) >= 11 is 3.74. The highest BCUT2D eigenvalue weighted by Gasteiger charge is 2.82. The van der Waals surface area contributed by atoms with Crippen LogP contribution in [0.15, 0.2) is 386 Å². The van der Waals surface area contributed by atoms with Crippen LogP contribution in [0.3, 0.4) is 0 Å². The van der Waals surface area contributed by atoms with Crippen molar-refractivity contribution in [2.45, 2.75) is 136 Å². The number of ether oxygens (including phenoxy) is 7. The highest BCUT2D eigenvalue weighted by Crippen LogP contribution is 2.77. The van der Waals surface area contributed by atoms with Gasteiger partial charge in [0.25, 0.3) is 10.0 Å². The number of para-hydroxylation sites is 3. The van der Waals surface area contributed by atoms with E-state index in [0.29, 0.717) is 37.4 Å². The monoisotopic (exact) mass is 2220 g/mol. The van der Waals surface area contributed by atoms with E-state index in [4.69, 9.17) is 23.7 Å². The maximum atomic E-state index is 13.6. The second-order valence-corrected chi connectivity index (χ2v) is 47.6. The van der Waals surface area contributed by atoms with Crippen LogP contribution in [0.1, 0.15) is 42.0 Å². The first-order valence-electron chi connectivity index (χ1n) is 44.3. The quantitative estimate of drug-likeness (QED) is 0.0119. The van der Waals surface area contributed by atoms with E-state index < -0.39 is 141 Å². The van der Waals surface area contributed by atoms with Gasteiger partial charge < -0.3 is 52.1 Å². The number of fused-ring (bicyclic) bond motifs is 6. The summed E-state index contributed by atoms with van der Waals surface area (Å²) < 4.78 is 334. The minimum absolute atomic E-state index is 0.0426. The van der Waals surface area contributed by atoms with Crippen LogP contribution in [0.5, 0.6) is 34.5 Å². The second-order valence-electron chi connectivity index (χ2n) is 33.3. The number of nitrogens with one attached hydrogen (secondary N) is 1. The van der Waals surface area contributed by atoms with Gasteiger partial charge in [-0.1, -0.05) is 195 Å². The molecule has 20 rings (SSSR count). The van der Waals surface area contributed by atoms with Crippen LogP contribution in [-0.4, -0.2) is 142 Å². The van der Waals surface area contributed by atoms with Crippen LogP contribution in [-0.2, 0) is 101 Å². The van der Waals surface area contributed by atoms with Crippen molar-refractivity contribution < 1.29 is 152 Å². The third-order valence-electron chi connectivity index (χ3n) is 23.6. The van der Waals surface area contributed by atoms with Gasteiger partial charge in [0.15, 0.2) is 76.1 Å². The number of carbonyl (C=O) groups is 2. The topological polar surface area (TPSA) is 320 Å². The van der Waals surface area contributed by atoms with Crippen molar-refractivity contribution in [3.63, 3.8) is 0 Å². The maximum Gasteiger partial charge on any atom is 0.479 e. The largest absolute Gasteiger partial charge is 0.743 e. The summed E-state index contributed by atoms with van der Waals surface area (Å²) in [6.45, 7) is 11.4. The fourth-order valence-electron chi connectivity index (χ4n) is 16.3. The lowest BCUT2D eigenvalue weighted by Crippen LogP contribution is -2.63. The Balaban J connectivity index is 0.000000142. The first-order valence-corrected chi connectivity index (χ1v) is 55.3. The van der Waals surface area contributed by atoms with Crippen molar-refractivity contribution in [1.82, 2.24) is 9.62 Å². The van der Waals surface area contributed by atoms with Crippen LogP contribution in [0, 0.1) is 29.6 Å². The van der Waals surface area contributed by atoms with Gasteiger partial charge in [0.2, 0.25) is 9.79 Å². The maximum absolute atomic E-state index is 13.6. The molecule has 22 nitrogen and oxygen atoms in total. The van der Waals surface area contributed by atoms with Crippen LogP contribution in [0.25, 0.3) is 12.2 Å². The van der Waals surface area contributed by atoms with Crippen molar-refractivity contribution in [3.05, 3.63) is 345 Å². The predicted molar refractivity (Wildman–Crippen MR) is 523 cm³/mol. The number of esters is 1. The molecule has 0 spiro atoms. The first kappa shape index (κ1) is 112. The van der Waals surface area contributed by atoms with Crippen LogP contribution in [0.4, 0.5) is 66.3 Å². The zero-order chi connectivity index (χ0) is 107. The molecule has 8 aliphatic rings. The number of halogens is 14. The fraction of sp³-hybridized carbons (Fsp3) is 0.223. The molecule has 148 heavy (non-hydrogen) atoms. The van der Waals surface area contributed by atoms with E-state index in [2.05, 4.69) is 241 Å². The molecule has 1 amide bonds. The summed E-state index contributed by atoms with van der Waals surface area (Å²) in [6.07, 6.45) is -1.44. The van der Waals surface area contributed by atoms with Crippen molar-refractivity contribution in [2.75, 3.05) is 39.5 Å². The zero-order valence-corrected chi connectivity index (χ0v) is 84.5. The number of carbonyl (C=O) groups excluding carboxylic acids is 2. The molecule has 1 saturated heterocycles. The summed E-state index contributed by atoms with van der Waals surface area (Å²) in [5.74, 6) is -11.6. The molecule has 0 radical (unpaired) electrons. The molecule has 0 aromatic heterocycles. The summed E-state index contributed by atoms with van der Waals surface area (Å²) in [4.78, 5) is 40.3. The fourth-order valence-corrected chi connectivity index (χ4v) is 28.7. The third kappa shape index (κ3) is 24.4. The first-order chi connectivity index (χ1) is 69.9. The van der Waals surface area contributed by atoms with Gasteiger partial charge in [-0.2, -0.15) is 65.8 Å². The Hall–Kier alpha value is -11.8. The van der Waals surface area contributed by atoms with Crippen LogP contribution in [0.2, 0.25) is 0 Å². The number of hydrogen-bond acceptors (Lipinski definition) is 22. The summed E-state index contributed by atoms with van der Waals surface area (Å²) in [5.41, 5.74) is 4.85. The molecule has 12 aromatic rings. The Bertz CT molecular complexity index is 6960. The number of hydrogen-bond donors (Lipinski definition) is 1. The molecule has 12 aromatic carbocycles. The highest BCUT2D eigenvalue weighted by molar-refractivity contribution is 8.04. The highest BCUT2D eigenvalue weighted by atomic mass is 32.2. The van der Waals surface area contributed by atoms with Crippen molar-refractivity contribution in [2.24, 2.45) is 29.6 Å². The molecule has 3 unspecified atom stereocenters. The second kappa shape index (κ2) is 45.9. The minimum Gasteiger partial charge on any atom is -0.743 e. The van der Waals surface area contributed by atoms with E-state index in [1.54, 1.807) is 19.1 Å². The van der Waals surface area contributed by atoms with Gasteiger partial charge in [0, 0.05) is 24.6 Å². The molecule has 4 heterocycles. The molecule has 780 valence electrons. The lowest BCUT2D eigenvalue weighted by molar-refractivity contribution is -0.274. The molecule has 45 heteroatoms. The Morgan fingerprint density at radius 1 is 0.446 bits per heavy atom. The van der Waals surface area contributed by atoms with Gasteiger partial charge in [-0.3, -0.25) is 0 Å². The van der Waals surface area contributed by atoms with Gasteiger partial charge in [0.05, 0.1) is 39.3 Å². The lowest BCUT2D eigenvalue weighted by atomic mass is 9.91. The van der Waals surface area contributed by atoms with Gasteiger partial charge >= 0.3 is 51.0 Å². The van der Waals surface area contributed by atoms with Gasteiger partial charge in [-0.25, -0.2) is 43.3 Å². The lowest BCUT2D eigenvalue weighted by Gasteiger charge is -2.36. The van der Waals surface area contributed by atoms with E-state index in [0.717, 1.165) is 72.1 Å². The Kier molecular flexibility index (Phi) is 34.7. The van der Waals surface area contributed by atoms with E-state index in [1.807, 2.05) is 84.2 Å². The Labute approximate surface area is 859 Å². The number of rotatable bonds is 28. The van der Waals surface area contributed by atoms with Crippen molar-refractivity contribution in [3.8, 4) is 34.5 Å². The van der Waals surface area contributed by atoms with E-state index in [1.165, 1.54) is 67.2 Å². The molecule has 5 fully saturated rings. The Morgan fingerprint density at radius 3 is 1.17 bits per heavy atom. The van der Waals surface area contributed by atoms with Gasteiger partial charge in [-0.05, 0) is 223 Å². The van der Waals surface area contributed by atoms with Crippen molar-refractivity contribution >= 4 is 121 Å². The number of benzene rings is 12. The zero-order valence-electron chi connectivity index (χ0n) is 77.1. The number of morpholine rings is 1. The molecule has 4 saturated carbocycles. The third-order valence-corrected chi connectivity index (χ3v) is 38.0. The summed E-state index contributed by atoms with van der Waals surface area (Å²) in [7, 11) is -27.0. The molecule has 4 aliphatic heterocycles. The molecule has 3 atom stereocenters. The van der Waals surface area contributed by atoms with Crippen molar-refractivity contribution in [1.29, 1.82) is 0 Å². The molecular weight excluding hydrogens is 2140 g/mol. The number of nitrogens with zero attached hydrogens (tertiary/aromatic N) is 1. The minimum atomic E-state index is -7.26.